The molecule has 1 aliphatic rings. The van der Waals surface area contributed by atoms with Crippen LogP contribution in [0, 0.1) is 0 Å². The third-order valence-electron chi connectivity index (χ3n) is 3.55. The lowest BCUT2D eigenvalue weighted by Crippen LogP contribution is -2.54. The quantitative estimate of drug-likeness (QED) is 0.680. The monoisotopic (exact) mass is 378 g/mol. The molecule has 23 heavy (non-hydrogen) atoms. The molecule has 1 aliphatic heterocycles. The number of nitrogens with one attached hydrogen (secondary N) is 1. The number of pyridine rings is 1. The Kier molecular flexibility index (Phi) is 3.22. The topological polar surface area (TPSA) is 110 Å². The molecule has 11 heteroatoms. The Morgan fingerprint density at radius 3 is 3.09 bits per heavy atom. The summed E-state index contributed by atoms with van der Waals surface area (Å²) in [6.07, 6.45) is 1.05. The molecule has 0 aromatic carbocycles. The van der Waals surface area contributed by atoms with E-state index in [0.29, 0.717) is 35.7 Å². The van der Waals surface area contributed by atoms with Gasteiger partial charge in [-0.2, -0.15) is 4.52 Å². The van der Waals surface area contributed by atoms with Crippen LogP contribution in [0.15, 0.2) is 16.7 Å². The Labute approximate surface area is 138 Å². The van der Waals surface area contributed by atoms with Crippen LogP contribution in [0.25, 0.3) is 16.8 Å². The van der Waals surface area contributed by atoms with E-state index in [2.05, 4.69) is 46.7 Å². The van der Waals surface area contributed by atoms with Gasteiger partial charge >= 0.3 is 6.09 Å². The number of hydrogen-bond donors (Lipinski definition) is 1. The highest BCUT2D eigenvalue weighted by Crippen LogP contribution is 2.27. The summed E-state index contributed by atoms with van der Waals surface area (Å²) < 4.78 is 7.60. The van der Waals surface area contributed by atoms with Crippen LogP contribution in [0.2, 0.25) is 0 Å². The molecular formula is C12H11BrN8O2. The molecule has 0 spiro atoms. The van der Waals surface area contributed by atoms with E-state index in [1.54, 1.807) is 10.7 Å². The average Bonchev–Trinajstić information content (AvgIpc) is 3.00. The predicted molar refractivity (Wildman–Crippen MR) is 83.1 cm³/mol. The number of ether oxygens (including phenoxy) is 1. The molecule has 4 heterocycles. The number of nitrogens with zero attached hydrogens (tertiary/aromatic N) is 7. The van der Waals surface area contributed by atoms with Crippen LogP contribution >= 0.6 is 15.9 Å². The molecular weight excluding hydrogens is 368 g/mol. The second-order valence-electron chi connectivity index (χ2n) is 5.03. The van der Waals surface area contributed by atoms with E-state index in [4.69, 9.17) is 4.74 Å². The molecule has 118 valence electrons. The number of carbonyl (C=O) groups is 1. The molecule has 0 bridgehead atoms. The van der Waals surface area contributed by atoms with Crippen molar-refractivity contribution in [2.24, 2.45) is 0 Å². The van der Waals surface area contributed by atoms with Gasteiger partial charge in [0.2, 0.25) is 5.65 Å². The number of tetrazole rings is 1. The summed E-state index contributed by atoms with van der Waals surface area (Å²) in [6.45, 7) is 1.07. The molecule has 0 aliphatic carbocycles. The van der Waals surface area contributed by atoms with Crippen molar-refractivity contribution in [1.29, 1.82) is 0 Å². The first-order valence-electron chi connectivity index (χ1n) is 6.82. The number of carbonyl (C=O) groups excluding carboxylic acids is 1. The molecule has 0 radical (unpaired) electrons. The van der Waals surface area contributed by atoms with E-state index >= 15 is 0 Å². The van der Waals surface area contributed by atoms with Crippen molar-refractivity contribution in [1.82, 2.24) is 35.3 Å². The number of fused-ring (bicyclic) bond motifs is 3. The maximum Gasteiger partial charge on any atom is 0.407 e. The zero-order valence-electron chi connectivity index (χ0n) is 12.0. The largest absolute Gasteiger partial charge is 0.442 e. The minimum Gasteiger partial charge on any atom is -0.442 e. The lowest BCUT2D eigenvalue weighted by molar-refractivity contribution is 0.0824. The first-order valence-corrected chi connectivity index (χ1v) is 7.61. The summed E-state index contributed by atoms with van der Waals surface area (Å²) >= 11 is 3.38. The van der Waals surface area contributed by atoms with Gasteiger partial charge in [-0.1, -0.05) is 0 Å². The number of hydrogen-bond acceptors (Lipinski definition) is 8. The zero-order valence-corrected chi connectivity index (χ0v) is 13.6. The van der Waals surface area contributed by atoms with Crippen LogP contribution in [0.4, 0.5) is 10.6 Å². The second kappa shape index (κ2) is 5.26. The Bertz CT molecular complexity index is 907. The van der Waals surface area contributed by atoms with Crippen molar-refractivity contribution in [2.45, 2.75) is 6.10 Å². The summed E-state index contributed by atoms with van der Waals surface area (Å²) in [7, 11) is 1.53. The Hall–Kier alpha value is -2.56. The maximum absolute atomic E-state index is 11.2. The Morgan fingerprint density at radius 2 is 2.30 bits per heavy atom. The van der Waals surface area contributed by atoms with Crippen LogP contribution in [-0.4, -0.2) is 62.3 Å². The Morgan fingerprint density at radius 1 is 1.48 bits per heavy atom. The normalized spacial score (nSPS) is 15.0. The molecule has 0 unspecified atom stereocenters. The number of alkyl carbamates (subject to hydrolysis) is 1. The highest BCUT2D eigenvalue weighted by atomic mass is 79.9. The van der Waals surface area contributed by atoms with Crippen LogP contribution in [0.3, 0.4) is 0 Å². The highest BCUT2D eigenvalue weighted by molar-refractivity contribution is 9.10. The van der Waals surface area contributed by atoms with E-state index in [1.807, 2.05) is 11.0 Å². The van der Waals surface area contributed by atoms with Crippen molar-refractivity contribution in [3.63, 3.8) is 0 Å². The molecule has 3 aromatic heterocycles. The molecule has 3 aromatic rings. The molecule has 0 saturated carbocycles. The van der Waals surface area contributed by atoms with Crippen molar-refractivity contribution >= 4 is 44.7 Å². The average molecular weight is 379 g/mol. The van der Waals surface area contributed by atoms with Crippen LogP contribution in [0.1, 0.15) is 0 Å². The van der Waals surface area contributed by atoms with Gasteiger partial charge < -0.3 is 15.0 Å². The maximum atomic E-state index is 11.2. The predicted octanol–water partition coefficient (Wildman–Crippen LogP) is 0.375. The van der Waals surface area contributed by atoms with Crippen LogP contribution in [0.5, 0.6) is 0 Å². The van der Waals surface area contributed by atoms with Gasteiger partial charge in [0.15, 0.2) is 11.5 Å². The standard InChI is InChI=1S/C12H11BrN8O2/c1-14-12(22)23-7-4-20(5-7)10-11-17-18-19-21(11)8-2-6(13)3-15-9(8)16-10/h2-3,7H,4-5H2,1H3,(H,14,22). The minimum absolute atomic E-state index is 0.179. The first kappa shape index (κ1) is 14.1. The van der Waals surface area contributed by atoms with Gasteiger partial charge in [-0.15, -0.1) is 5.10 Å². The van der Waals surface area contributed by atoms with Crippen molar-refractivity contribution in [3.05, 3.63) is 16.7 Å². The number of amides is 1. The van der Waals surface area contributed by atoms with Crippen molar-refractivity contribution in [2.75, 3.05) is 25.0 Å². The summed E-state index contributed by atoms with van der Waals surface area (Å²) in [4.78, 5) is 22.0. The molecule has 1 saturated heterocycles. The molecule has 1 amide bonds. The van der Waals surface area contributed by atoms with E-state index in [1.165, 1.54) is 7.05 Å². The van der Waals surface area contributed by atoms with Gasteiger partial charge in [0.25, 0.3) is 0 Å². The van der Waals surface area contributed by atoms with Gasteiger partial charge in [-0.05, 0) is 32.4 Å². The molecule has 10 nitrogen and oxygen atoms in total. The van der Waals surface area contributed by atoms with Gasteiger partial charge in [0.1, 0.15) is 11.6 Å². The number of rotatable bonds is 2. The summed E-state index contributed by atoms with van der Waals surface area (Å²) in [5.41, 5.74) is 1.79. The van der Waals surface area contributed by atoms with Gasteiger partial charge in [0, 0.05) is 17.7 Å². The molecule has 4 rings (SSSR count). The molecule has 0 atom stereocenters. The van der Waals surface area contributed by atoms with Crippen molar-refractivity contribution in [3.8, 4) is 0 Å². The van der Waals surface area contributed by atoms with E-state index in [-0.39, 0.29) is 6.10 Å². The third-order valence-corrected chi connectivity index (χ3v) is 3.98. The van der Waals surface area contributed by atoms with Crippen LogP contribution < -0.4 is 10.2 Å². The van der Waals surface area contributed by atoms with E-state index < -0.39 is 6.09 Å². The minimum atomic E-state index is -0.443. The van der Waals surface area contributed by atoms with Gasteiger partial charge in [0.05, 0.1) is 13.1 Å². The van der Waals surface area contributed by atoms with Crippen LogP contribution in [-0.2, 0) is 4.74 Å². The Balaban J connectivity index is 1.69. The third kappa shape index (κ3) is 2.32. The number of aromatic nitrogens is 6. The molecule has 1 fully saturated rings. The second-order valence-corrected chi connectivity index (χ2v) is 5.94. The fraction of sp³-hybridized carbons (Fsp3) is 0.333. The van der Waals surface area contributed by atoms with Gasteiger partial charge in [-0.3, -0.25) is 0 Å². The fourth-order valence-corrected chi connectivity index (χ4v) is 2.73. The van der Waals surface area contributed by atoms with E-state index in [9.17, 15) is 4.79 Å². The SMILES string of the molecule is CNC(=O)OC1CN(c2nc3ncc(Br)cc3n3nnnc23)C1. The van der Waals surface area contributed by atoms with E-state index in [0.717, 1.165) is 4.47 Å². The van der Waals surface area contributed by atoms with Crippen molar-refractivity contribution < 1.29 is 9.53 Å². The summed E-state index contributed by atoms with van der Waals surface area (Å²) in [5, 5.41) is 14.2. The summed E-state index contributed by atoms with van der Waals surface area (Å²) in [6, 6.07) is 1.86. The lowest BCUT2D eigenvalue weighted by Gasteiger charge is -2.38. The smallest absolute Gasteiger partial charge is 0.407 e. The summed E-state index contributed by atoms with van der Waals surface area (Å²) in [5.74, 6) is 0.620. The fourth-order valence-electron chi connectivity index (χ4n) is 2.41. The highest BCUT2D eigenvalue weighted by Gasteiger charge is 2.33. The lowest BCUT2D eigenvalue weighted by atomic mass is 10.1. The number of halogens is 1. The molecule has 1 N–H and O–H groups in total. The zero-order chi connectivity index (χ0) is 16.0. The number of anilines is 1. The first-order chi connectivity index (χ1) is 11.2. The van der Waals surface area contributed by atoms with Gasteiger partial charge in [-0.25, -0.2) is 14.8 Å².